The first kappa shape index (κ1) is 14.9. The lowest BCUT2D eigenvalue weighted by Crippen LogP contribution is -2.37. The molecule has 0 radical (unpaired) electrons. The smallest absolute Gasteiger partial charge is 0.263 e. The topological polar surface area (TPSA) is 107 Å². The van der Waals surface area contributed by atoms with Crippen molar-refractivity contribution in [1.29, 1.82) is 0 Å². The summed E-state index contributed by atoms with van der Waals surface area (Å²) in [7, 11) is -3.36. The zero-order valence-corrected chi connectivity index (χ0v) is 13.6. The molecule has 1 aromatic carbocycles. The van der Waals surface area contributed by atoms with Gasteiger partial charge in [-0.15, -0.1) is 0 Å². The maximum Gasteiger partial charge on any atom is 0.263 e. The van der Waals surface area contributed by atoms with Crippen LogP contribution in [0.1, 0.15) is 5.69 Å². The molecular weight excluding hydrogens is 332 g/mol. The highest BCUT2D eigenvalue weighted by Gasteiger charge is 2.31. The summed E-state index contributed by atoms with van der Waals surface area (Å²) in [6.07, 6.45) is 0.846. The number of rotatable bonds is 3. The van der Waals surface area contributed by atoms with Crippen LogP contribution in [-0.2, 0) is 9.84 Å². The number of ether oxygens (including phenoxy) is 1. The maximum absolute atomic E-state index is 12.4. The van der Waals surface area contributed by atoms with Gasteiger partial charge in [0.1, 0.15) is 34.3 Å². The molecule has 4 rings (SSSR count). The molecule has 0 aliphatic carbocycles. The lowest BCUT2D eigenvalue weighted by molar-refractivity contribution is 0.223. The van der Waals surface area contributed by atoms with Gasteiger partial charge in [0, 0.05) is 0 Å². The minimum absolute atomic E-state index is 0.0894. The summed E-state index contributed by atoms with van der Waals surface area (Å²) in [5, 5.41) is 7.65. The molecule has 0 saturated carbocycles. The quantitative estimate of drug-likeness (QED) is 0.761. The van der Waals surface area contributed by atoms with Gasteiger partial charge in [-0.1, -0.05) is 17.3 Å². The van der Waals surface area contributed by atoms with Crippen LogP contribution in [-0.4, -0.2) is 41.9 Å². The Morgan fingerprint density at radius 3 is 3.00 bits per heavy atom. The number of nitrogens with zero attached hydrogens (tertiary/aromatic N) is 3. The predicted octanol–water partition coefficient (Wildman–Crippen LogP) is 1.57. The van der Waals surface area contributed by atoms with E-state index in [0.717, 1.165) is 0 Å². The average Bonchev–Trinajstić information content (AvgIpc) is 2.94. The highest BCUT2D eigenvalue weighted by Crippen LogP contribution is 2.31. The number of hydrogen-bond acceptors (Lipinski definition) is 8. The third kappa shape index (κ3) is 2.46. The summed E-state index contributed by atoms with van der Waals surface area (Å²) < 4.78 is 35.6. The Kier molecular flexibility index (Phi) is 3.38. The molecule has 2 aromatic heterocycles. The Balaban J connectivity index is 1.58. The van der Waals surface area contributed by atoms with Crippen LogP contribution in [0.4, 0.5) is 5.82 Å². The fourth-order valence-electron chi connectivity index (χ4n) is 2.72. The van der Waals surface area contributed by atoms with Crippen molar-refractivity contribution in [3.05, 3.63) is 36.3 Å². The molecule has 1 aliphatic rings. The van der Waals surface area contributed by atoms with Crippen LogP contribution in [0.5, 0.6) is 5.75 Å². The Labute approximate surface area is 137 Å². The van der Waals surface area contributed by atoms with E-state index in [0.29, 0.717) is 28.4 Å². The predicted molar refractivity (Wildman–Crippen MR) is 85.7 cm³/mol. The van der Waals surface area contributed by atoms with E-state index in [4.69, 9.17) is 9.26 Å². The highest BCUT2D eigenvalue weighted by atomic mass is 32.2. The molecule has 0 bridgehead atoms. The van der Waals surface area contributed by atoms with E-state index in [2.05, 4.69) is 20.4 Å². The molecule has 0 saturated heterocycles. The van der Waals surface area contributed by atoms with Crippen molar-refractivity contribution in [3.8, 4) is 5.75 Å². The Morgan fingerprint density at radius 2 is 2.12 bits per heavy atom. The highest BCUT2D eigenvalue weighted by molar-refractivity contribution is 7.91. The molecule has 24 heavy (non-hydrogen) atoms. The molecule has 0 spiro atoms. The van der Waals surface area contributed by atoms with E-state index >= 15 is 0 Å². The largest absolute Gasteiger partial charge is 0.486 e. The van der Waals surface area contributed by atoms with Gasteiger partial charge in [0.15, 0.2) is 9.84 Å². The van der Waals surface area contributed by atoms with Crippen LogP contribution in [0.2, 0.25) is 0 Å². The van der Waals surface area contributed by atoms with Crippen LogP contribution in [0.3, 0.4) is 0 Å². The van der Waals surface area contributed by atoms with Gasteiger partial charge in [-0.3, -0.25) is 0 Å². The Bertz CT molecular complexity index is 1020. The van der Waals surface area contributed by atoms with E-state index < -0.39 is 15.9 Å². The van der Waals surface area contributed by atoms with Gasteiger partial charge in [-0.2, -0.15) is 4.98 Å². The molecule has 8 nitrogen and oxygen atoms in total. The van der Waals surface area contributed by atoms with Crippen molar-refractivity contribution < 1.29 is 17.7 Å². The number of nitrogens with one attached hydrogen (secondary N) is 1. The molecule has 3 heterocycles. The molecule has 3 aromatic rings. The summed E-state index contributed by atoms with van der Waals surface area (Å²) in [5.74, 6) is 0.830. The summed E-state index contributed by atoms with van der Waals surface area (Å²) in [6, 6.07) is 6.65. The van der Waals surface area contributed by atoms with Gasteiger partial charge < -0.3 is 14.6 Å². The van der Waals surface area contributed by atoms with Gasteiger partial charge in [0.25, 0.3) is 5.71 Å². The van der Waals surface area contributed by atoms with Gasteiger partial charge in [-0.05, 0) is 19.1 Å². The van der Waals surface area contributed by atoms with Crippen molar-refractivity contribution in [3.63, 3.8) is 0 Å². The van der Waals surface area contributed by atoms with E-state index in [-0.39, 0.29) is 17.2 Å². The summed E-state index contributed by atoms with van der Waals surface area (Å²) in [6.45, 7) is 2.07. The molecule has 1 N–H and O–H groups in total. The number of anilines is 1. The van der Waals surface area contributed by atoms with Gasteiger partial charge in [-0.25, -0.2) is 13.4 Å². The molecule has 9 heteroatoms. The van der Waals surface area contributed by atoms with Crippen LogP contribution >= 0.6 is 0 Å². The van der Waals surface area contributed by atoms with E-state index in [1.807, 2.05) is 0 Å². The molecule has 1 unspecified atom stereocenters. The number of aryl methyl sites for hydroxylation is 1. The number of para-hydroxylation sites is 1. The van der Waals surface area contributed by atoms with Crippen molar-refractivity contribution in [1.82, 2.24) is 15.1 Å². The zero-order chi connectivity index (χ0) is 16.7. The van der Waals surface area contributed by atoms with Crippen LogP contribution in [0.25, 0.3) is 11.1 Å². The minimum Gasteiger partial charge on any atom is -0.486 e. The lowest BCUT2D eigenvalue weighted by atomic mass is 10.3. The van der Waals surface area contributed by atoms with E-state index in [1.54, 1.807) is 31.2 Å². The van der Waals surface area contributed by atoms with Crippen molar-refractivity contribution in [2.24, 2.45) is 0 Å². The first-order chi connectivity index (χ1) is 11.5. The Hall–Kier alpha value is -2.68. The number of hydrogen-bond donors (Lipinski definition) is 1. The number of fused-ring (bicyclic) bond motifs is 2. The van der Waals surface area contributed by atoms with Crippen molar-refractivity contribution in [2.75, 3.05) is 17.6 Å². The third-order valence-electron chi connectivity index (χ3n) is 3.82. The van der Waals surface area contributed by atoms with Crippen LogP contribution in [0, 0.1) is 6.92 Å². The fourth-order valence-corrected chi connectivity index (χ4v) is 4.28. The van der Waals surface area contributed by atoms with E-state index in [9.17, 15) is 8.42 Å². The van der Waals surface area contributed by atoms with Crippen molar-refractivity contribution >= 4 is 26.8 Å². The fraction of sp³-hybridized carbons (Fsp3) is 0.267. The van der Waals surface area contributed by atoms with E-state index in [1.165, 1.54) is 6.33 Å². The second-order valence-electron chi connectivity index (χ2n) is 5.52. The first-order valence-corrected chi connectivity index (χ1v) is 8.99. The van der Waals surface area contributed by atoms with Gasteiger partial charge >= 0.3 is 0 Å². The second kappa shape index (κ2) is 5.45. The maximum atomic E-state index is 12.4. The van der Waals surface area contributed by atoms with Gasteiger partial charge in [0.05, 0.1) is 18.0 Å². The lowest BCUT2D eigenvalue weighted by Gasteiger charge is -2.26. The summed E-state index contributed by atoms with van der Waals surface area (Å²) in [4.78, 5) is 8.42. The normalized spacial score (nSPS) is 18.8. The molecule has 124 valence electrons. The summed E-state index contributed by atoms with van der Waals surface area (Å²) in [5.41, 5.74) is 1.04. The molecule has 0 fully saturated rings. The average molecular weight is 346 g/mol. The van der Waals surface area contributed by atoms with Crippen LogP contribution in [0.15, 0.2) is 40.0 Å². The summed E-state index contributed by atoms with van der Waals surface area (Å²) >= 11 is 0. The second-order valence-corrected chi connectivity index (χ2v) is 7.52. The SMILES string of the molecule is Cc1noc2ncnc(NCC3CS(=O)(=O)c4ccccc4O3)c12. The number of aromatic nitrogens is 3. The monoisotopic (exact) mass is 346 g/mol. The van der Waals surface area contributed by atoms with Crippen LogP contribution < -0.4 is 10.1 Å². The zero-order valence-electron chi connectivity index (χ0n) is 12.8. The standard InChI is InChI=1S/C15H14N4O4S/c1-9-13-14(17-8-18-15(13)23-19-9)16-6-10-7-24(20,21)12-5-3-2-4-11(12)22-10/h2-5,8,10H,6-7H2,1H3,(H,16,17,18). The molecule has 1 atom stereocenters. The Morgan fingerprint density at radius 1 is 1.29 bits per heavy atom. The first-order valence-electron chi connectivity index (χ1n) is 7.34. The third-order valence-corrected chi connectivity index (χ3v) is 5.64. The molecular formula is C15H14N4O4S. The number of benzene rings is 1. The molecule has 0 amide bonds. The van der Waals surface area contributed by atoms with Gasteiger partial charge in [0.2, 0.25) is 0 Å². The number of sulfone groups is 1. The molecule has 1 aliphatic heterocycles. The van der Waals surface area contributed by atoms with Crippen molar-refractivity contribution in [2.45, 2.75) is 17.9 Å². The minimum atomic E-state index is -3.36.